The Bertz CT molecular complexity index is 752. The predicted molar refractivity (Wildman–Crippen MR) is 98.8 cm³/mol. The van der Waals surface area contributed by atoms with Gasteiger partial charge in [0.1, 0.15) is 5.69 Å². The van der Waals surface area contributed by atoms with Crippen LogP contribution in [0.1, 0.15) is 43.1 Å². The van der Waals surface area contributed by atoms with E-state index >= 15 is 0 Å². The molecule has 1 aromatic heterocycles. The monoisotopic (exact) mass is 338 g/mol. The van der Waals surface area contributed by atoms with Gasteiger partial charge in [0.25, 0.3) is 5.91 Å². The lowest BCUT2D eigenvalue weighted by atomic mass is 10.2. The molecule has 1 aromatic carbocycles. The van der Waals surface area contributed by atoms with Crippen molar-refractivity contribution in [1.82, 2.24) is 4.98 Å². The van der Waals surface area contributed by atoms with E-state index in [1.165, 1.54) is 32.6 Å². The Morgan fingerprint density at radius 1 is 1.00 bits per heavy atom. The Hall–Kier alpha value is -2.89. The molecule has 0 unspecified atom stereocenters. The smallest absolute Gasteiger partial charge is 0.274 e. The fourth-order valence-electron chi connectivity index (χ4n) is 2.99. The molecule has 0 bridgehead atoms. The van der Waals surface area contributed by atoms with E-state index in [-0.39, 0.29) is 11.8 Å². The molecule has 1 saturated carbocycles. The summed E-state index contributed by atoms with van der Waals surface area (Å²) in [6.45, 7) is 1.44. The minimum Gasteiger partial charge on any atom is -0.381 e. The molecule has 1 aliphatic carbocycles. The average molecular weight is 338 g/mol. The van der Waals surface area contributed by atoms with Crippen LogP contribution in [-0.4, -0.2) is 22.8 Å². The number of anilines is 3. The lowest BCUT2D eigenvalue weighted by molar-refractivity contribution is -0.114. The SMILES string of the molecule is CC(=O)Nc1cccc(NC(=O)c2ccc(NC3CCCC3)cn2)c1. The molecule has 0 atom stereocenters. The maximum atomic E-state index is 12.3. The zero-order valence-electron chi connectivity index (χ0n) is 14.2. The van der Waals surface area contributed by atoms with Crippen molar-refractivity contribution in [2.45, 2.75) is 38.6 Å². The summed E-state index contributed by atoms with van der Waals surface area (Å²) in [5, 5.41) is 8.93. The van der Waals surface area contributed by atoms with Crippen molar-refractivity contribution in [3.05, 3.63) is 48.3 Å². The molecule has 3 rings (SSSR count). The van der Waals surface area contributed by atoms with Crippen molar-refractivity contribution >= 4 is 28.9 Å². The number of hydrogen-bond donors (Lipinski definition) is 3. The Balaban J connectivity index is 1.61. The van der Waals surface area contributed by atoms with Gasteiger partial charge in [0.05, 0.1) is 11.9 Å². The highest BCUT2D eigenvalue weighted by molar-refractivity contribution is 6.03. The average Bonchev–Trinajstić information content (AvgIpc) is 3.08. The van der Waals surface area contributed by atoms with E-state index in [1.807, 2.05) is 6.07 Å². The van der Waals surface area contributed by atoms with E-state index in [0.29, 0.717) is 23.1 Å². The number of rotatable bonds is 5. The number of amides is 2. The van der Waals surface area contributed by atoms with E-state index in [0.717, 1.165) is 5.69 Å². The van der Waals surface area contributed by atoms with Crippen LogP contribution in [0.3, 0.4) is 0 Å². The van der Waals surface area contributed by atoms with Crippen molar-refractivity contribution in [3.63, 3.8) is 0 Å². The van der Waals surface area contributed by atoms with Crippen LogP contribution in [0.25, 0.3) is 0 Å². The van der Waals surface area contributed by atoms with Gasteiger partial charge in [-0.05, 0) is 43.2 Å². The molecule has 1 fully saturated rings. The Kier molecular flexibility index (Phi) is 5.28. The van der Waals surface area contributed by atoms with Crippen molar-refractivity contribution in [2.24, 2.45) is 0 Å². The van der Waals surface area contributed by atoms with Gasteiger partial charge < -0.3 is 16.0 Å². The highest BCUT2D eigenvalue weighted by Crippen LogP contribution is 2.22. The van der Waals surface area contributed by atoms with Crippen LogP contribution < -0.4 is 16.0 Å². The van der Waals surface area contributed by atoms with Gasteiger partial charge in [-0.15, -0.1) is 0 Å². The summed E-state index contributed by atoms with van der Waals surface area (Å²) in [5.41, 5.74) is 2.53. The fraction of sp³-hybridized carbons (Fsp3) is 0.316. The van der Waals surface area contributed by atoms with Crippen molar-refractivity contribution < 1.29 is 9.59 Å². The van der Waals surface area contributed by atoms with Crippen molar-refractivity contribution in [1.29, 1.82) is 0 Å². The lowest BCUT2D eigenvalue weighted by Gasteiger charge is -2.13. The molecule has 2 amide bonds. The number of carbonyl (C=O) groups is 2. The first-order valence-electron chi connectivity index (χ1n) is 8.52. The highest BCUT2D eigenvalue weighted by Gasteiger charge is 2.15. The quantitative estimate of drug-likeness (QED) is 0.777. The third-order valence-corrected chi connectivity index (χ3v) is 4.16. The first-order chi connectivity index (χ1) is 12.1. The second-order valence-corrected chi connectivity index (χ2v) is 6.27. The molecule has 6 heteroatoms. The number of benzene rings is 1. The maximum Gasteiger partial charge on any atom is 0.274 e. The van der Waals surface area contributed by atoms with E-state index in [4.69, 9.17) is 0 Å². The van der Waals surface area contributed by atoms with Gasteiger partial charge >= 0.3 is 0 Å². The summed E-state index contributed by atoms with van der Waals surface area (Å²) in [4.78, 5) is 27.7. The minimum absolute atomic E-state index is 0.157. The van der Waals surface area contributed by atoms with E-state index in [9.17, 15) is 9.59 Å². The molecule has 1 aliphatic rings. The molecule has 3 N–H and O–H groups in total. The summed E-state index contributed by atoms with van der Waals surface area (Å²) in [7, 11) is 0. The fourth-order valence-corrected chi connectivity index (χ4v) is 2.99. The van der Waals surface area contributed by atoms with Crippen LogP contribution in [0.15, 0.2) is 42.6 Å². The zero-order valence-corrected chi connectivity index (χ0v) is 14.2. The van der Waals surface area contributed by atoms with Crippen LogP contribution in [-0.2, 0) is 4.79 Å². The number of nitrogens with one attached hydrogen (secondary N) is 3. The first-order valence-corrected chi connectivity index (χ1v) is 8.52. The molecule has 25 heavy (non-hydrogen) atoms. The molecule has 130 valence electrons. The van der Waals surface area contributed by atoms with Gasteiger partial charge in [0.2, 0.25) is 5.91 Å². The topological polar surface area (TPSA) is 83.1 Å². The van der Waals surface area contributed by atoms with Gasteiger partial charge in [-0.25, -0.2) is 4.98 Å². The molecule has 0 spiro atoms. The largest absolute Gasteiger partial charge is 0.381 e. The van der Waals surface area contributed by atoms with E-state index in [2.05, 4.69) is 20.9 Å². The van der Waals surface area contributed by atoms with Crippen LogP contribution >= 0.6 is 0 Å². The van der Waals surface area contributed by atoms with Crippen molar-refractivity contribution in [3.8, 4) is 0 Å². The molecule has 2 aromatic rings. The number of pyridine rings is 1. The second kappa shape index (κ2) is 7.79. The van der Waals surface area contributed by atoms with Crippen LogP contribution in [0, 0.1) is 0 Å². The summed E-state index contributed by atoms with van der Waals surface area (Å²) in [5.74, 6) is -0.442. The molecule has 0 aliphatic heterocycles. The maximum absolute atomic E-state index is 12.3. The van der Waals surface area contributed by atoms with Crippen LogP contribution in [0.4, 0.5) is 17.1 Å². The van der Waals surface area contributed by atoms with Gasteiger partial charge in [0, 0.05) is 24.3 Å². The number of nitrogens with zero attached hydrogens (tertiary/aromatic N) is 1. The van der Waals surface area contributed by atoms with E-state index < -0.39 is 0 Å². The third-order valence-electron chi connectivity index (χ3n) is 4.16. The van der Waals surface area contributed by atoms with Gasteiger partial charge in [-0.2, -0.15) is 0 Å². The summed E-state index contributed by atoms with van der Waals surface area (Å²) < 4.78 is 0. The van der Waals surface area contributed by atoms with Gasteiger partial charge in [-0.1, -0.05) is 18.9 Å². The summed E-state index contributed by atoms with van der Waals surface area (Å²) in [6, 6.07) is 11.1. The van der Waals surface area contributed by atoms with Crippen molar-refractivity contribution in [2.75, 3.05) is 16.0 Å². The Morgan fingerprint density at radius 3 is 2.36 bits per heavy atom. The van der Waals surface area contributed by atoms with Crippen LogP contribution in [0.5, 0.6) is 0 Å². The van der Waals surface area contributed by atoms with Gasteiger partial charge in [0.15, 0.2) is 0 Å². The second-order valence-electron chi connectivity index (χ2n) is 6.27. The Morgan fingerprint density at radius 2 is 1.72 bits per heavy atom. The minimum atomic E-state index is -0.285. The zero-order chi connectivity index (χ0) is 17.6. The number of hydrogen-bond acceptors (Lipinski definition) is 4. The molecule has 0 saturated heterocycles. The Labute approximate surface area is 147 Å². The highest BCUT2D eigenvalue weighted by atomic mass is 16.2. The molecule has 0 radical (unpaired) electrons. The molecular formula is C19H22N4O2. The van der Waals surface area contributed by atoms with E-state index in [1.54, 1.807) is 36.5 Å². The number of carbonyl (C=O) groups excluding carboxylic acids is 2. The number of aromatic nitrogens is 1. The predicted octanol–water partition coefficient (Wildman–Crippen LogP) is 3.65. The normalized spacial score (nSPS) is 14.1. The van der Waals surface area contributed by atoms with Gasteiger partial charge in [-0.3, -0.25) is 9.59 Å². The summed E-state index contributed by atoms with van der Waals surface area (Å²) in [6.07, 6.45) is 6.60. The summed E-state index contributed by atoms with van der Waals surface area (Å²) >= 11 is 0. The third kappa shape index (κ3) is 4.79. The standard InChI is InChI=1S/C19H22N4O2/c1-13(24)21-15-7-4-8-16(11-15)23-19(25)18-10-9-17(12-20-18)22-14-5-2-3-6-14/h4,7-12,14,22H,2-3,5-6H2,1H3,(H,21,24)(H,23,25). The molecule has 6 nitrogen and oxygen atoms in total. The molecular weight excluding hydrogens is 316 g/mol. The van der Waals surface area contributed by atoms with Crippen LogP contribution in [0.2, 0.25) is 0 Å². The lowest BCUT2D eigenvalue weighted by Crippen LogP contribution is -2.16. The molecule has 1 heterocycles. The first kappa shape index (κ1) is 17.0.